The van der Waals surface area contributed by atoms with Crippen molar-refractivity contribution in [1.29, 1.82) is 0 Å². The predicted molar refractivity (Wildman–Crippen MR) is 220 cm³/mol. The Morgan fingerprint density at radius 2 is 1.53 bits per heavy atom. The van der Waals surface area contributed by atoms with Crippen LogP contribution in [-0.2, 0) is 46.0 Å². The van der Waals surface area contributed by atoms with Crippen LogP contribution in [0.15, 0.2) is 94.4 Å². The lowest BCUT2D eigenvalue weighted by molar-refractivity contribution is -0.438. The normalized spacial score (nSPS) is 19.0. The summed E-state index contributed by atoms with van der Waals surface area (Å²) in [6.45, 7) is 8.97. The van der Waals surface area contributed by atoms with E-state index in [0.29, 0.717) is 50.0 Å². The van der Waals surface area contributed by atoms with E-state index in [1.165, 1.54) is 12.1 Å². The third-order valence-electron chi connectivity index (χ3n) is 11.3. The Kier molecular flexibility index (Phi) is 11.4. The molecule has 0 bridgehead atoms. The van der Waals surface area contributed by atoms with Gasteiger partial charge in [0, 0.05) is 59.3 Å². The number of allylic oxidation sites excluding steroid dienone is 4. The lowest BCUT2D eigenvalue weighted by atomic mass is 9.75. The molecule has 16 heteroatoms. The van der Waals surface area contributed by atoms with Crippen LogP contribution >= 0.6 is 0 Å². The quantitative estimate of drug-likeness (QED) is 0.0525. The maximum absolute atomic E-state index is 12.6. The average molecular weight is 840 g/mol. The topological polar surface area (TPSA) is 207 Å². The van der Waals surface area contributed by atoms with Gasteiger partial charge < -0.3 is 10.0 Å². The van der Waals surface area contributed by atoms with E-state index in [4.69, 9.17) is 0 Å². The largest absolute Gasteiger partial charge is 0.481 e. The summed E-state index contributed by atoms with van der Waals surface area (Å²) in [7, 11) is -14.0. The molecular formula is C41H47N2O11S3+. The fraction of sp³-hybridized carbons (Fsp3) is 0.366. The Labute approximate surface area is 333 Å². The summed E-state index contributed by atoms with van der Waals surface area (Å²) in [5.74, 6) is -1.29. The lowest BCUT2D eigenvalue weighted by Crippen LogP contribution is -2.29. The minimum Gasteiger partial charge on any atom is -0.481 e. The van der Waals surface area contributed by atoms with Crippen molar-refractivity contribution in [3.8, 4) is 0 Å². The molecule has 57 heavy (non-hydrogen) atoms. The first-order valence-corrected chi connectivity index (χ1v) is 23.2. The van der Waals surface area contributed by atoms with Gasteiger partial charge in [0.2, 0.25) is 5.69 Å². The van der Waals surface area contributed by atoms with Gasteiger partial charge in [0.25, 0.3) is 30.4 Å². The minimum absolute atomic E-state index is 0.0161. The number of unbranched alkanes of at least 4 members (excludes halogenated alkanes) is 2. The Morgan fingerprint density at radius 3 is 2.18 bits per heavy atom. The van der Waals surface area contributed by atoms with E-state index in [0.717, 1.165) is 39.5 Å². The molecule has 2 aliphatic heterocycles. The maximum atomic E-state index is 12.6. The van der Waals surface area contributed by atoms with Crippen LogP contribution in [0.4, 0.5) is 11.4 Å². The number of likely N-dealkylation sites (N-methyl/N-ethyl adjacent to an activating group) is 1. The molecule has 2 heterocycles. The molecule has 13 nitrogen and oxygen atoms in total. The predicted octanol–water partition coefficient (Wildman–Crippen LogP) is 7.41. The molecule has 1 unspecified atom stereocenters. The lowest BCUT2D eigenvalue weighted by Gasteiger charge is -2.30. The highest BCUT2D eigenvalue weighted by molar-refractivity contribution is 7.87. The highest BCUT2D eigenvalue weighted by Gasteiger charge is 2.47. The molecule has 0 spiro atoms. The van der Waals surface area contributed by atoms with Crippen LogP contribution in [0.3, 0.4) is 0 Å². The van der Waals surface area contributed by atoms with Crippen LogP contribution < -0.4 is 4.90 Å². The van der Waals surface area contributed by atoms with Crippen molar-refractivity contribution in [2.24, 2.45) is 0 Å². The maximum Gasteiger partial charge on any atom is 0.303 e. The van der Waals surface area contributed by atoms with Gasteiger partial charge in [-0.25, -0.2) is 0 Å². The van der Waals surface area contributed by atoms with Gasteiger partial charge in [-0.15, -0.1) is 0 Å². The van der Waals surface area contributed by atoms with Crippen LogP contribution in [0.1, 0.15) is 77.3 Å². The molecule has 4 N–H and O–H groups in total. The Balaban J connectivity index is 1.52. The second kappa shape index (κ2) is 15.4. The molecule has 1 atom stereocenters. The zero-order chi connectivity index (χ0) is 41.7. The Hall–Kier alpha value is -4.45. The molecule has 0 radical (unpaired) electrons. The van der Waals surface area contributed by atoms with E-state index in [2.05, 4.69) is 30.0 Å². The zero-order valence-electron chi connectivity index (χ0n) is 32.1. The molecule has 0 aliphatic carbocycles. The first-order valence-electron chi connectivity index (χ1n) is 18.7. The Bertz CT molecular complexity index is 2740. The molecule has 0 amide bonds. The van der Waals surface area contributed by atoms with Gasteiger partial charge >= 0.3 is 5.97 Å². The summed E-state index contributed by atoms with van der Waals surface area (Å²) in [6.07, 6.45) is 8.13. The summed E-state index contributed by atoms with van der Waals surface area (Å²) in [4.78, 5) is 12.0. The van der Waals surface area contributed by atoms with Crippen molar-refractivity contribution in [2.75, 3.05) is 23.7 Å². The van der Waals surface area contributed by atoms with Gasteiger partial charge in [-0.1, -0.05) is 36.4 Å². The summed E-state index contributed by atoms with van der Waals surface area (Å²) in [6, 6.07) is 17.3. The van der Waals surface area contributed by atoms with Crippen molar-refractivity contribution in [3.63, 3.8) is 0 Å². The van der Waals surface area contributed by atoms with Gasteiger partial charge in [0.15, 0.2) is 5.71 Å². The van der Waals surface area contributed by atoms with E-state index in [1.807, 2.05) is 61.8 Å². The number of aliphatic carboxylic acids is 1. The van der Waals surface area contributed by atoms with E-state index < -0.39 is 62.7 Å². The second-order valence-electron chi connectivity index (χ2n) is 15.4. The monoisotopic (exact) mass is 839 g/mol. The van der Waals surface area contributed by atoms with E-state index in [-0.39, 0.29) is 23.6 Å². The molecule has 6 rings (SSSR count). The van der Waals surface area contributed by atoms with Crippen LogP contribution in [0.5, 0.6) is 0 Å². The standard InChI is InChI=1S/C41H46N2O11S3/c1-5-42-33-20-18-27-13-8-9-14-29(27)39(33)41(4,22-12-24-55(46,47)48)36(42)16-11-15-35-40(2,3)38-31-25-28(56(49,50)51)26-34(57(52,53)54)30(31)19-21-32(38)43(35)23-10-6-7-17-37(44)45/h8-9,11,13-16,18-21,25-26H,5-7,10,12,17,22-24H2,1-4H3,(H3-,44,45,46,47,48,49,50,51,52,53,54)/p+1. The van der Waals surface area contributed by atoms with Gasteiger partial charge in [0.1, 0.15) is 11.4 Å². The molecular weight excluding hydrogens is 793 g/mol. The summed E-state index contributed by atoms with van der Waals surface area (Å²) < 4.78 is 105. The number of nitrogens with zero attached hydrogens (tertiary/aromatic N) is 2. The van der Waals surface area contributed by atoms with E-state index >= 15 is 0 Å². The summed E-state index contributed by atoms with van der Waals surface area (Å²) in [5, 5.41) is 11.5. The highest BCUT2D eigenvalue weighted by Crippen LogP contribution is 2.53. The van der Waals surface area contributed by atoms with Crippen molar-refractivity contribution in [1.82, 2.24) is 0 Å². The third kappa shape index (κ3) is 8.16. The van der Waals surface area contributed by atoms with Crippen molar-refractivity contribution in [2.45, 2.75) is 86.8 Å². The van der Waals surface area contributed by atoms with Crippen molar-refractivity contribution in [3.05, 3.63) is 95.7 Å². The van der Waals surface area contributed by atoms with Gasteiger partial charge in [0.05, 0.1) is 16.1 Å². The smallest absolute Gasteiger partial charge is 0.303 e. The minimum atomic E-state index is -4.93. The number of anilines is 1. The zero-order valence-corrected chi connectivity index (χ0v) is 34.6. The van der Waals surface area contributed by atoms with Crippen LogP contribution in [0.25, 0.3) is 21.5 Å². The van der Waals surface area contributed by atoms with E-state index in [1.54, 1.807) is 6.07 Å². The fourth-order valence-electron chi connectivity index (χ4n) is 8.79. The fourth-order valence-corrected chi connectivity index (χ4v) is 10.6. The van der Waals surface area contributed by atoms with Crippen molar-refractivity contribution < 1.29 is 53.4 Å². The molecule has 4 aromatic carbocycles. The van der Waals surface area contributed by atoms with Crippen LogP contribution in [0, 0.1) is 0 Å². The summed E-state index contributed by atoms with van der Waals surface area (Å²) >= 11 is 0. The Morgan fingerprint density at radius 1 is 0.807 bits per heavy atom. The molecule has 0 saturated heterocycles. The number of fused-ring (bicyclic) bond motifs is 6. The van der Waals surface area contributed by atoms with E-state index in [9.17, 15) is 48.8 Å². The highest BCUT2D eigenvalue weighted by atomic mass is 32.2. The molecule has 0 fully saturated rings. The molecule has 4 aromatic rings. The number of carboxylic acid groups (broad SMARTS) is 1. The molecule has 0 aromatic heterocycles. The van der Waals surface area contributed by atoms with Crippen molar-refractivity contribution >= 4 is 75.0 Å². The van der Waals surface area contributed by atoms with Gasteiger partial charge in [-0.3, -0.25) is 18.5 Å². The molecule has 304 valence electrons. The SMILES string of the molecule is CCN1C(=CC=CC2=[N+](CCCCCC(=O)O)c3ccc4c(S(=O)(=O)O)cc(S(=O)(=O)O)cc4c3C2(C)C)C(C)(CCCS(=O)(=O)O)c2c1ccc1ccccc21. The summed E-state index contributed by atoms with van der Waals surface area (Å²) in [5.41, 5.74) is 3.37. The number of benzene rings is 4. The van der Waals surface area contributed by atoms with Gasteiger partial charge in [-0.05, 0) is 105 Å². The number of carboxylic acids is 1. The first-order chi connectivity index (χ1) is 26.6. The number of rotatable bonds is 15. The second-order valence-corrected chi connectivity index (χ2v) is 19.7. The average Bonchev–Trinajstić information content (AvgIpc) is 3.49. The van der Waals surface area contributed by atoms with Gasteiger partial charge in [-0.2, -0.15) is 29.8 Å². The third-order valence-corrected chi connectivity index (χ3v) is 13.8. The van der Waals surface area contributed by atoms with Crippen LogP contribution in [-0.4, -0.2) is 79.1 Å². The number of hydrogen-bond donors (Lipinski definition) is 4. The number of hydrogen-bond acceptors (Lipinski definition) is 8. The number of carbonyl (C=O) groups is 1. The first kappa shape index (κ1) is 42.2. The van der Waals surface area contributed by atoms with Crippen LogP contribution in [0.2, 0.25) is 0 Å². The molecule has 0 saturated carbocycles. The molecule has 2 aliphatic rings.